The van der Waals surface area contributed by atoms with Gasteiger partial charge in [0, 0.05) is 19.7 Å². The number of benzene rings is 1. The molecule has 2 amide bonds. The van der Waals surface area contributed by atoms with Gasteiger partial charge < -0.3 is 25.5 Å². The quantitative estimate of drug-likeness (QED) is 0.629. The second-order valence-electron chi connectivity index (χ2n) is 5.07. The molecule has 0 aromatic heterocycles. The number of aromatic carboxylic acids is 1. The van der Waals surface area contributed by atoms with E-state index in [0.717, 1.165) is 12.8 Å². The van der Waals surface area contributed by atoms with Gasteiger partial charge in [0.05, 0.1) is 5.69 Å². The third-order valence-corrected chi connectivity index (χ3v) is 3.57. The van der Waals surface area contributed by atoms with E-state index in [9.17, 15) is 14.7 Å². The smallest absolute Gasteiger partial charge is 0.339 e. The fraction of sp³-hybridized carbons (Fsp3) is 0.429. The van der Waals surface area contributed by atoms with E-state index >= 15 is 0 Å². The highest BCUT2D eigenvalue weighted by molar-refractivity contribution is 5.97. The van der Waals surface area contributed by atoms with Crippen molar-refractivity contribution in [2.45, 2.75) is 12.8 Å². The number of urea groups is 1. The zero-order valence-electron chi connectivity index (χ0n) is 11.5. The lowest BCUT2D eigenvalue weighted by molar-refractivity contribution is 0.0693. The molecule has 1 unspecified atom stereocenters. The van der Waals surface area contributed by atoms with Crippen molar-refractivity contribution >= 4 is 17.7 Å². The van der Waals surface area contributed by atoms with Crippen LogP contribution in [0, 0.1) is 5.92 Å². The predicted octanol–water partition coefficient (Wildman–Crippen LogP) is 1.33. The van der Waals surface area contributed by atoms with Crippen LogP contribution >= 0.6 is 0 Å². The first kappa shape index (κ1) is 15.1. The number of carboxylic acid groups (broad SMARTS) is 1. The van der Waals surface area contributed by atoms with Crippen LogP contribution in [0.5, 0.6) is 5.75 Å². The number of anilines is 1. The van der Waals surface area contributed by atoms with Gasteiger partial charge in [-0.05, 0) is 30.9 Å². The Bertz CT molecular complexity index is 546. The summed E-state index contributed by atoms with van der Waals surface area (Å²) in [6.07, 6.45) is 1.68. The number of para-hydroxylation sites is 1. The number of likely N-dealkylation sites (tertiary alicyclic amines) is 1. The molecule has 0 spiro atoms. The molecule has 1 aliphatic heterocycles. The molecule has 0 bridgehead atoms. The highest BCUT2D eigenvalue weighted by Gasteiger charge is 2.24. The molecule has 1 aliphatic rings. The number of aromatic hydroxyl groups is 1. The second kappa shape index (κ2) is 6.45. The van der Waals surface area contributed by atoms with Gasteiger partial charge >= 0.3 is 12.0 Å². The van der Waals surface area contributed by atoms with E-state index < -0.39 is 17.7 Å². The van der Waals surface area contributed by atoms with Crippen molar-refractivity contribution in [3.8, 4) is 5.75 Å². The molecule has 7 nitrogen and oxygen atoms in total. The maximum atomic E-state index is 12.1. The molecular weight excluding hydrogens is 276 g/mol. The van der Waals surface area contributed by atoms with Crippen LogP contribution in [0.1, 0.15) is 23.2 Å². The number of phenols is 1. The minimum atomic E-state index is -1.26. The molecule has 1 aromatic carbocycles. The Balaban J connectivity index is 2.09. The van der Waals surface area contributed by atoms with Gasteiger partial charge in [-0.25, -0.2) is 9.59 Å². The van der Waals surface area contributed by atoms with E-state index in [1.165, 1.54) is 18.2 Å². The Hall–Kier alpha value is -2.28. The minimum Gasteiger partial charge on any atom is -0.505 e. The Morgan fingerprint density at radius 1 is 1.38 bits per heavy atom. The van der Waals surface area contributed by atoms with Crippen molar-refractivity contribution in [3.05, 3.63) is 23.8 Å². The summed E-state index contributed by atoms with van der Waals surface area (Å²) in [4.78, 5) is 24.6. The van der Waals surface area contributed by atoms with Gasteiger partial charge in [-0.1, -0.05) is 6.07 Å². The number of aliphatic hydroxyl groups excluding tert-OH is 1. The number of rotatable bonds is 3. The first-order valence-electron chi connectivity index (χ1n) is 6.75. The lowest BCUT2D eigenvalue weighted by Gasteiger charge is -2.31. The van der Waals surface area contributed by atoms with Gasteiger partial charge in [0.15, 0.2) is 5.75 Å². The first-order valence-corrected chi connectivity index (χ1v) is 6.75. The summed E-state index contributed by atoms with van der Waals surface area (Å²) in [5.74, 6) is -1.67. The third-order valence-electron chi connectivity index (χ3n) is 3.57. The second-order valence-corrected chi connectivity index (χ2v) is 5.07. The van der Waals surface area contributed by atoms with Crippen LogP contribution in [0.15, 0.2) is 18.2 Å². The lowest BCUT2D eigenvalue weighted by atomic mass is 9.99. The number of carbonyl (C=O) groups is 2. The fourth-order valence-corrected chi connectivity index (χ4v) is 2.41. The number of nitrogens with zero attached hydrogens (tertiary/aromatic N) is 1. The van der Waals surface area contributed by atoms with E-state index in [1.54, 1.807) is 4.90 Å². The molecular formula is C14H18N2O5. The zero-order valence-corrected chi connectivity index (χ0v) is 11.5. The van der Waals surface area contributed by atoms with Gasteiger partial charge in [0.1, 0.15) is 5.56 Å². The summed E-state index contributed by atoms with van der Waals surface area (Å²) in [5.41, 5.74) is -0.203. The summed E-state index contributed by atoms with van der Waals surface area (Å²) >= 11 is 0. The van der Waals surface area contributed by atoms with Crippen LogP contribution in [0.4, 0.5) is 10.5 Å². The van der Waals surface area contributed by atoms with Crippen molar-refractivity contribution in [3.63, 3.8) is 0 Å². The summed E-state index contributed by atoms with van der Waals surface area (Å²) in [7, 11) is 0. The van der Waals surface area contributed by atoms with Crippen molar-refractivity contribution in [1.29, 1.82) is 0 Å². The SMILES string of the molecule is O=C(O)c1cccc(NC(=O)N2CCCC(CO)C2)c1O. The highest BCUT2D eigenvalue weighted by Crippen LogP contribution is 2.28. The average molecular weight is 294 g/mol. The van der Waals surface area contributed by atoms with Crippen molar-refractivity contribution in [2.24, 2.45) is 5.92 Å². The zero-order chi connectivity index (χ0) is 15.4. The van der Waals surface area contributed by atoms with Gasteiger partial charge in [0.25, 0.3) is 0 Å². The summed E-state index contributed by atoms with van der Waals surface area (Å²) in [6, 6.07) is 3.74. The number of amides is 2. The van der Waals surface area contributed by atoms with Crippen LogP contribution < -0.4 is 5.32 Å². The maximum Gasteiger partial charge on any atom is 0.339 e. The topological polar surface area (TPSA) is 110 Å². The molecule has 1 atom stereocenters. The lowest BCUT2D eigenvalue weighted by Crippen LogP contribution is -2.43. The molecule has 1 fully saturated rings. The molecule has 0 saturated carbocycles. The molecule has 4 N–H and O–H groups in total. The monoisotopic (exact) mass is 294 g/mol. The standard InChI is InChI=1S/C14H18N2O5/c17-8-9-3-2-6-16(7-9)14(21)15-11-5-1-4-10(12(11)18)13(19)20/h1,4-5,9,17-18H,2-3,6-8H2,(H,15,21)(H,19,20). The molecule has 1 saturated heterocycles. The van der Waals surface area contributed by atoms with E-state index in [-0.39, 0.29) is 23.8 Å². The van der Waals surface area contributed by atoms with Gasteiger partial charge in [0.2, 0.25) is 0 Å². The first-order chi connectivity index (χ1) is 10.0. The molecule has 114 valence electrons. The van der Waals surface area contributed by atoms with Crippen LogP contribution in [-0.2, 0) is 0 Å². The summed E-state index contributed by atoms with van der Waals surface area (Å²) < 4.78 is 0. The van der Waals surface area contributed by atoms with Gasteiger partial charge in [-0.15, -0.1) is 0 Å². The van der Waals surface area contributed by atoms with Crippen molar-refractivity contribution in [2.75, 3.05) is 25.0 Å². The van der Waals surface area contributed by atoms with E-state index in [0.29, 0.717) is 13.1 Å². The Morgan fingerprint density at radius 3 is 2.81 bits per heavy atom. The third kappa shape index (κ3) is 3.43. The Labute approximate surface area is 121 Å². The minimum absolute atomic E-state index is 0.0313. The van der Waals surface area contributed by atoms with Crippen LogP contribution in [0.25, 0.3) is 0 Å². The largest absolute Gasteiger partial charge is 0.505 e. The van der Waals surface area contributed by atoms with E-state index in [1.807, 2.05) is 0 Å². The Morgan fingerprint density at radius 2 is 2.14 bits per heavy atom. The van der Waals surface area contributed by atoms with Crippen LogP contribution in [0.3, 0.4) is 0 Å². The molecule has 0 aliphatic carbocycles. The molecule has 1 aromatic rings. The van der Waals surface area contributed by atoms with E-state index in [4.69, 9.17) is 10.2 Å². The van der Waals surface area contributed by atoms with Crippen molar-refractivity contribution < 1.29 is 24.9 Å². The number of aliphatic hydroxyl groups is 1. The fourth-order valence-electron chi connectivity index (χ4n) is 2.41. The molecule has 1 heterocycles. The number of hydrogen-bond donors (Lipinski definition) is 4. The summed E-state index contributed by atoms with van der Waals surface area (Å²) in [6.45, 7) is 1.05. The average Bonchev–Trinajstić information content (AvgIpc) is 2.49. The molecule has 21 heavy (non-hydrogen) atoms. The van der Waals surface area contributed by atoms with Crippen molar-refractivity contribution in [1.82, 2.24) is 4.90 Å². The maximum absolute atomic E-state index is 12.1. The van der Waals surface area contributed by atoms with Gasteiger partial charge in [-0.2, -0.15) is 0 Å². The normalized spacial score (nSPS) is 18.3. The number of carbonyl (C=O) groups excluding carboxylic acids is 1. The number of carboxylic acids is 1. The van der Waals surface area contributed by atoms with E-state index in [2.05, 4.69) is 5.32 Å². The molecule has 2 rings (SSSR count). The summed E-state index contributed by atoms with van der Waals surface area (Å²) in [5, 5.41) is 30.4. The van der Waals surface area contributed by atoms with Crippen LogP contribution in [0.2, 0.25) is 0 Å². The predicted molar refractivity (Wildman–Crippen MR) is 75.5 cm³/mol. The van der Waals surface area contributed by atoms with Gasteiger partial charge in [-0.3, -0.25) is 0 Å². The van der Waals surface area contributed by atoms with Crippen LogP contribution in [-0.4, -0.2) is 51.9 Å². The molecule has 7 heteroatoms. The highest BCUT2D eigenvalue weighted by atomic mass is 16.4. The number of hydrogen-bond acceptors (Lipinski definition) is 4. The molecule has 0 radical (unpaired) electrons. The Kier molecular flexibility index (Phi) is 4.64. The number of nitrogens with one attached hydrogen (secondary N) is 1. The number of piperidine rings is 1.